The van der Waals surface area contributed by atoms with E-state index in [2.05, 4.69) is 10.3 Å². The number of rotatable bonds is 8. The zero-order valence-electron chi connectivity index (χ0n) is 25.0. The van der Waals surface area contributed by atoms with Gasteiger partial charge in [0, 0.05) is 42.8 Å². The average molecular weight is 626 g/mol. The highest BCUT2D eigenvalue weighted by Gasteiger charge is 2.56. The summed E-state index contributed by atoms with van der Waals surface area (Å²) in [5, 5.41) is 39.1. The van der Waals surface area contributed by atoms with E-state index in [-0.39, 0.29) is 48.6 Å². The second-order valence-electron chi connectivity index (χ2n) is 11.6. The van der Waals surface area contributed by atoms with Gasteiger partial charge in [-0.2, -0.15) is 0 Å². The van der Waals surface area contributed by atoms with Crippen LogP contribution in [0.15, 0.2) is 28.4 Å². The third-order valence-corrected chi connectivity index (χ3v) is 9.32. The number of likely N-dealkylation sites (N-methyl/N-ethyl adjacent to an activating group) is 1. The molecule has 14 heteroatoms. The molecule has 3 aliphatic rings. The van der Waals surface area contributed by atoms with Crippen LogP contribution in [0, 0.1) is 17.8 Å². The van der Waals surface area contributed by atoms with Crippen molar-refractivity contribution in [2.24, 2.45) is 23.5 Å². The Balaban J connectivity index is 1.55. The Kier molecular flexibility index (Phi) is 8.16. The zero-order chi connectivity index (χ0) is 32.2. The number of primary amides is 1. The first-order valence-electron chi connectivity index (χ1n) is 14.1. The fourth-order valence-corrected chi connectivity index (χ4v) is 7.41. The van der Waals surface area contributed by atoms with Crippen LogP contribution in [0.3, 0.4) is 0 Å². The number of carbonyl (C=O) groups is 4. The summed E-state index contributed by atoms with van der Waals surface area (Å²) in [6.45, 7) is 2.00. The van der Waals surface area contributed by atoms with Crippen LogP contribution in [-0.2, 0) is 32.1 Å². The van der Waals surface area contributed by atoms with Crippen LogP contribution < -0.4 is 16.0 Å². The van der Waals surface area contributed by atoms with E-state index in [0.717, 1.165) is 0 Å². The molecule has 6 N–H and O–H groups in total. The Morgan fingerprint density at radius 1 is 1.16 bits per heavy atom. The standard InChI is InChI=1S/C30H35N5O8S/c1-6-43-29(42)16-11-44-30(33-16)32-10-13-9-17(34(2)3)14-7-12-8-15-20(25(38)18(12)24(37)19(14)23(13)36)26(39)21(28(31)41)27(40)22(15)35(4)5/h9,11-12,15,20,22,36-37,40H,6-8,10H2,1-5H3,(H2,31,41)(H,32,33). The summed E-state index contributed by atoms with van der Waals surface area (Å²) < 4.78 is 4.98. The molecule has 1 fully saturated rings. The van der Waals surface area contributed by atoms with Gasteiger partial charge in [-0.3, -0.25) is 19.3 Å². The van der Waals surface area contributed by atoms with E-state index >= 15 is 0 Å². The van der Waals surface area contributed by atoms with Crippen molar-refractivity contribution < 1.29 is 39.2 Å². The van der Waals surface area contributed by atoms with Gasteiger partial charge in [-0.25, -0.2) is 9.78 Å². The number of carbonyl (C=O) groups excluding carboxylic acids is 4. The quantitative estimate of drug-likeness (QED) is 0.163. The average Bonchev–Trinajstić information content (AvgIpc) is 3.41. The molecule has 0 spiro atoms. The highest BCUT2D eigenvalue weighted by atomic mass is 32.1. The van der Waals surface area contributed by atoms with Gasteiger partial charge in [-0.1, -0.05) is 0 Å². The maximum atomic E-state index is 14.0. The summed E-state index contributed by atoms with van der Waals surface area (Å²) in [5.74, 6) is -6.79. The number of anilines is 2. The first-order valence-corrected chi connectivity index (χ1v) is 15.0. The van der Waals surface area contributed by atoms with Crippen molar-refractivity contribution in [1.29, 1.82) is 0 Å². The third kappa shape index (κ3) is 4.97. The minimum absolute atomic E-state index is 0.0129. The summed E-state index contributed by atoms with van der Waals surface area (Å²) in [4.78, 5) is 59.3. The minimum Gasteiger partial charge on any atom is -0.510 e. The molecule has 3 aliphatic carbocycles. The highest BCUT2D eigenvalue weighted by Crippen LogP contribution is 2.52. The van der Waals surface area contributed by atoms with Crippen LogP contribution in [0.1, 0.15) is 40.5 Å². The lowest BCUT2D eigenvalue weighted by Crippen LogP contribution is -2.55. The molecule has 1 saturated carbocycles. The molecule has 234 valence electrons. The van der Waals surface area contributed by atoms with E-state index < -0.39 is 64.3 Å². The number of Topliss-reactive ketones (excluding diaryl/α,β-unsaturated/α-hetero) is 2. The minimum atomic E-state index is -1.32. The number of hydrogen-bond donors (Lipinski definition) is 5. The number of ether oxygens (including phenoxy) is 1. The van der Waals surface area contributed by atoms with E-state index in [1.165, 1.54) is 11.3 Å². The predicted octanol–water partition coefficient (Wildman–Crippen LogP) is 2.16. The summed E-state index contributed by atoms with van der Waals surface area (Å²) in [7, 11) is 7.00. The first-order chi connectivity index (χ1) is 20.8. The van der Waals surface area contributed by atoms with Crippen LogP contribution in [0.25, 0.3) is 5.76 Å². The Labute approximate surface area is 257 Å². The van der Waals surface area contributed by atoms with Crippen molar-refractivity contribution in [3.8, 4) is 5.75 Å². The molecule has 1 amide bonds. The smallest absolute Gasteiger partial charge is 0.357 e. The monoisotopic (exact) mass is 625 g/mol. The van der Waals surface area contributed by atoms with Crippen LogP contribution in [0.2, 0.25) is 0 Å². The second kappa shape index (κ2) is 11.6. The number of esters is 1. The fraction of sp³-hybridized carbons (Fsp3) is 0.433. The van der Waals surface area contributed by atoms with Crippen LogP contribution in [0.4, 0.5) is 10.8 Å². The SMILES string of the molecule is CCOC(=O)c1csc(NCc2cc(N(C)C)c3c(c2O)C(O)=C2C(=O)C4C(=O)C(C(N)=O)=C(O)C(N(C)C)C4CC2C3)n1. The number of ketones is 2. The number of benzene rings is 1. The molecule has 13 nitrogen and oxygen atoms in total. The Morgan fingerprint density at radius 3 is 2.48 bits per heavy atom. The maximum absolute atomic E-state index is 14.0. The lowest BCUT2D eigenvalue weighted by Gasteiger charge is -2.46. The van der Waals surface area contributed by atoms with Gasteiger partial charge in [0.05, 0.1) is 24.1 Å². The summed E-state index contributed by atoms with van der Waals surface area (Å²) in [6, 6.07) is 0.979. The number of aromatic nitrogens is 1. The predicted molar refractivity (Wildman–Crippen MR) is 163 cm³/mol. The van der Waals surface area contributed by atoms with E-state index in [9.17, 15) is 34.5 Å². The molecule has 1 aromatic carbocycles. The molecule has 1 heterocycles. The second-order valence-corrected chi connectivity index (χ2v) is 12.4. The van der Waals surface area contributed by atoms with Gasteiger partial charge in [-0.15, -0.1) is 11.3 Å². The van der Waals surface area contributed by atoms with Crippen molar-refractivity contribution >= 4 is 51.4 Å². The summed E-state index contributed by atoms with van der Waals surface area (Å²) in [6.07, 6.45) is 0.555. The number of nitrogens with two attached hydrogens (primary N) is 1. The van der Waals surface area contributed by atoms with E-state index in [0.29, 0.717) is 21.9 Å². The van der Waals surface area contributed by atoms with E-state index in [1.54, 1.807) is 37.4 Å². The fourth-order valence-electron chi connectivity index (χ4n) is 6.73. The molecule has 44 heavy (non-hydrogen) atoms. The molecule has 0 bridgehead atoms. The van der Waals surface area contributed by atoms with Crippen molar-refractivity contribution in [1.82, 2.24) is 9.88 Å². The largest absolute Gasteiger partial charge is 0.510 e. The molecule has 0 radical (unpaired) electrons. The van der Waals surface area contributed by atoms with E-state index in [4.69, 9.17) is 10.5 Å². The van der Waals surface area contributed by atoms with Gasteiger partial charge in [0.15, 0.2) is 22.4 Å². The number of aliphatic hydroxyl groups excluding tert-OH is 2. The number of nitrogens with one attached hydrogen (secondary N) is 1. The first kappa shape index (κ1) is 31.0. The highest BCUT2D eigenvalue weighted by molar-refractivity contribution is 7.13. The van der Waals surface area contributed by atoms with Gasteiger partial charge >= 0.3 is 5.97 Å². The van der Waals surface area contributed by atoms with E-state index in [1.807, 2.05) is 19.0 Å². The van der Waals surface area contributed by atoms with Crippen LogP contribution in [0.5, 0.6) is 5.75 Å². The number of phenols is 1. The number of allylic oxidation sites excluding steroid dienone is 1. The van der Waals surface area contributed by atoms with Gasteiger partial charge in [0.25, 0.3) is 5.91 Å². The third-order valence-electron chi connectivity index (χ3n) is 8.52. The van der Waals surface area contributed by atoms with Crippen molar-refractivity contribution in [3.63, 3.8) is 0 Å². The molecule has 4 atom stereocenters. The van der Waals surface area contributed by atoms with Crippen molar-refractivity contribution in [3.05, 3.63) is 50.7 Å². The number of amides is 1. The van der Waals surface area contributed by atoms with Gasteiger partial charge in [0.2, 0.25) is 0 Å². The lowest BCUT2D eigenvalue weighted by atomic mass is 9.59. The van der Waals surface area contributed by atoms with Crippen LogP contribution in [-0.4, -0.2) is 89.5 Å². The molecule has 2 aromatic rings. The number of thiazole rings is 1. The van der Waals surface area contributed by atoms with Gasteiger partial charge in [0.1, 0.15) is 22.8 Å². The molecular formula is C30H35N5O8S. The number of phenolic OH excluding ortho intramolecular Hbond substituents is 1. The Morgan fingerprint density at radius 2 is 1.86 bits per heavy atom. The lowest BCUT2D eigenvalue weighted by molar-refractivity contribution is -0.136. The van der Waals surface area contributed by atoms with Gasteiger partial charge < -0.3 is 36.0 Å². The summed E-state index contributed by atoms with van der Waals surface area (Å²) >= 11 is 1.19. The van der Waals surface area contributed by atoms with Crippen molar-refractivity contribution in [2.45, 2.75) is 32.4 Å². The molecule has 0 aliphatic heterocycles. The molecule has 0 saturated heterocycles. The molecule has 1 aromatic heterocycles. The number of nitrogens with zero attached hydrogens (tertiary/aromatic N) is 3. The Bertz CT molecular complexity index is 1640. The van der Waals surface area contributed by atoms with Crippen molar-refractivity contribution in [2.75, 3.05) is 45.0 Å². The number of hydrogen-bond acceptors (Lipinski definition) is 13. The summed E-state index contributed by atoms with van der Waals surface area (Å²) in [5.41, 5.74) is 6.85. The number of aliphatic hydroxyl groups is 2. The topological polar surface area (TPSA) is 196 Å². The molecule has 4 unspecified atom stereocenters. The number of aromatic hydroxyl groups is 1. The normalized spacial score (nSPS) is 22.9. The molecular weight excluding hydrogens is 590 g/mol. The zero-order valence-corrected chi connectivity index (χ0v) is 25.8. The van der Waals surface area contributed by atoms with Gasteiger partial charge in [-0.05, 0) is 57.3 Å². The molecule has 5 rings (SSSR count). The maximum Gasteiger partial charge on any atom is 0.357 e. The number of fused-ring (bicyclic) bond motifs is 3. The van der Waals surface area contributed by atoms with Crippen LogP contribution >= 0.6 is 11.3 Å². The Hall–Kier alpha value is -4.43.